The number of nitrogens with one attached hydrogen (secondary N) is 1. The van der Waals surface area contributed by atoms with E-state index in [1.165, 1.54) is 36.8 Å². The van der Waals surface area contributed by atoms with Gasteiger partial charge in [-0.05, 0) is 48.9 Å². The Balaban J connectivity index is 1.72. The second-order valence-electron chi connectivity index (χ2n) is 6.39. The van der Waals surface area contributed by atoms with Gasteiger partial charge in [-0.1, -0.05) is 31.9 Å². The molecule has 1 amide bonds. The van der Waals surface area contributed by atoms with Gasteiger partial charge in [-0.2, -0.15) is 0 Å². The average Bonchev–Trinajstić information content (AvgIpc) is 2.55. The van der Waals surface area contributed by atoms with Gasteiger partial charge >= 0.3 is 0 Å². The van der Waals surface area contributed by atoms with Crippen LogP contribution in [0.5, 0.6) is 0 Å². The van der Waals surface area contributed by atoms with Gasteiger partial charge in [0.15, 0.2) is 0 Å². The number of hydrogen-bond acceptors (Lipinski definition) is 2. The Labute approximate surface area is 127 Å². The van der Waals surface area contributed by atoms with Crippen LogP contribution < -0.4 is 5.32 Å². The van der Waals surface area contributed by atoms with Gasteiger partial charge in [-0.3, -0.25) is 4.79 Å². The molecule has 0 radical (unpaired) electrons. The molecule has 0 spiro atoms. The fourth-order valence-electron chi connectivity index (χ4n) is 3.74. The second kappa shape index (κ2) is 6.61. The zero-order valence-corrected chi connectivity index (χ0v) is 13.0. The minimum absolute atomic E-state index is 0.253. The molecule has 2 heterocycles. The lowest BCUT2D eigenvalue weighted by Gasteiger charge is -2.33. The third-order valence-corrected chi connectivity index (χ3v) is 4.97. The molecule has 2 aliphatic heterocycles. The summed E-state index contributed by atoms with van der Waals surface area (Å²) in [6.07, 6.45) is 5.90. The lowest BCUT2D eigenvalue weighted by molar-refractivity contribution is 0.0685. The van der Waals surface area contributed by atoms with Crippen LogP contribution in [-0.4, -0.2) is 30.4 Å². The minimum atomic E-state index is 0.253. The summed E-state index contributed by atoms with van der Waals surface area (Å²) >= 11 is 0. The number of fused-ring (bicyclic) bond motifs is 1. The van der Waals surface area contributed by atoms with Crippen molar-refractivity contribution in [2.75, 3.05) is 19.6 Å². The van der Waals surface area contributed by atoms with E-state index in [1.807, 2.05) is 12.1 Å². The first-order valence-corrected chi connectivity index (χ1v) is 8.40. The molecule has 1 aromatic rings. The minimum Gasteiger partial charge on any atom is -0.339 e. The highest BCUT2D eigenvalue weighted by Crippen LogP contribution is 2.25. The van der Waals surface area contributed by atoms with Crippen LogP contribution in [-0.2, 0) is 13.0 Å². The third-order valence-electron chi connectivity index (χ3n) is 4.97. The standard InChI is InChI=1S/C18H26N2O/c1-2-4-14-8-11-20(12-9-14)18(21)17-6-3-5-15-13-19-10-7-16(15)17/h3,5-6,14,19H,2,4,7-13H2,1H3. The molecule has 3 nitrogen and oxygen atoms in total. The molecule has 1 saturated heterocycles. The summed E-state index contributed by atoms with van der Waals surface area (Å²) in [4.78, 5) is 14.9. The Morgan fingerprint density at radius 2 is 2.14 bits per heavy atom. The molecule has 0 aliphatic carbocycles. The molecule has 1 aromatic carbocycles. The lowest BCUT2D eigenvalue weighted by Crippen LogP contribution is -2.39. The summed E-state index contributed by atoms with van der Waals surface area (Å²) in [6.45, 7) is 6.00. The van der Waals surface area contributed by atoms with E-state index in [-0.39, 0.29) is 5.91 Å². The van der Waals surface area contributed by atoms with Crippen LogP contribution in [0.3, 0.4) is 0 Å². The van der Waals surface area contributed by atoms with Crippen molar-refractivity contribution in [1.29, 1.82) is 0 Å². The van der Waals surface area contributed by atoms with Crippen LogP contribution in [0.2, 0.25) is 0 Å². The molecular formula is C18H26N2O. The fraction of sp³-hybridized carbons (Fsp3) is 0.611. The zero-order valence-electron chi connectivity index (χ0n) is 13.0. The predicted molar refractivity (Wildman–Crippen MR) is 85.4 cm³/mol. The van der Waals surface area contributed by atoms with Crippen LogP contribution in [0.25, 0.3) is 0 Å². The molecule has 3 rings (SSSR count). The van der Waals surface area contributed by atoms with Gasteiger partial charge in [-0.25, -0.2) is 0 Å². The largest absolute Gasteiger partial charge is 0.339 e. The molecule has 114 valence electrons. The number of carbonyl (C=O) groups excluding carboxylic acids is 1. The second-order valence-corrected chi connectivity index (χ2v) is 6.39. The summed E-state index contributed by atoms with van der Waals surface area (Å²) in [5.74, 6) is 1.08. The summed E-state index contributed by atoms with van der Waals surface area (Å²) in [6, 6.07) is 6.19. The fourth-order valence-corrected chi connectivity index (χ4v) is 3.74. The summed E-state index contributed by atoms with van der Waals surface area (Å²) in [5, 5.41) is 3.38. The van der Waals surface area contributed by atoms with Gasteiger partial charge in [-0.15, -0.1) is 0 Å². The van der Waals surface area contributed by atoms with E-state index in [0.717, 1.165) is 44.1 Å². The van der Waals surface area contributed by atoms with Crippen molar-refractivity contribution in [1.82, 2.24) is 10.2 Å². The number of benzene rings is 1. The van der Waals surface area contributed by atoms with Crippen molar-refractivity contribution in [3.63, 3.8) is 0 Å². The normalized spacial score (nSPS) is 19.4. The van der Waals surface area contributed by atoms with Crippen LogP contribution in [0.1, 0.15) is 54.1 Å². The van der Waals surface area contributed by atoms with Gasteiger partial charge < -0.3 is 10.2 Å². The maximum absolute atomic E-state index is 12.8. The van der Waals surface area contributed by atoms with Crippen molar-refractivity contribution >= 4 is 5.91 Å². The zero-order chi connectivity index (χ0) is 14.7. The van der Waals surface area contributed by atoms with Crippen LogP contribution in [0, 0.1) is 5.92 Å². The average molecular weight is 286 g/mol. The summed E-state index contributed by atoms with van der Waals surface area (Å²) in [7, 11) is 0. The van der Waals surface area contributed by atoms with Gasteiger partial charge in [0.05, 0.1) is 0 Å². The Hall–Kier alpha value is -1.35. The number of likely N-dealkylation sites (tertiary alicyclic amines) is 1. The maximum atomic E-state index is 12.8. The third kappa shape index (κ3) is 3.13. The Morgan fingerprint density at radius 1 is 1.33 bits per heavy atom. The number of rotatable bonds is 3. The van der Waals surface area contributed by atoms with Crippen LogP contribution >= 0.6 is 0 Å². The topological polar surface area (TPSA) is 32.3 Å². The smallest absolute Gasteiger partial charge is 0.254 e. The first-order valence-electron chi connectivity index (χ1n) is 8.40. The van der Waals surface area contributed by atoms with Gasteiger partial charge in [0, 0.05) is 25.2 Å². The van der Waals surface area contributed by atoms with E-state index in [4.69, 9.17) is 0 Å². The molecule has 1 N–H and O–H groups in total. The van der Waals surface area contributed by atoms with Crippen LogP contribution in [0.15, 0.2) is 18.2 Å². The molecule has 21 heavy (non-hydrogen) atoms. The molecule has 1 fully saturated rings. The van der Waals surface area contributed by atoms with Crippen molar-refractivity contribution in [3.8, 4) is 0 Å². The van der Waals surface area contributed by atoms with Crippen molar-refractivity contribution in [2.24, 2.45) is 5.92 Å². The van der Waals surface area contributed by atoms with E-state index in [1.54, 1.807) is 0 Å². The molecule has 2 aliphatic rings. The first kappa shape index (κ1) is 14.6. The highest BCUT2D eigenvalue weighted by atomic mass is 16.2. The first-order chi connectivity index (χ1) is 10.3. The Bertz CT molecular complexity index is 504. The van der Waals surface area contributed by atoms with E-state index < -0.39 is 0 Å². The Kier molecular flexibility index (Phi) is 4.59. The van der Waals surface area contributed by atoms with E-state index in [0.29, 0.717) is 0 Å². The molecule has 0 unspecified atom stereocenters. The Morgan fingerprint density at radius 3 is 2.90 bits per heavy atom. The van der Waals surface area contributed by atoms with Crippen molar-refractivity contribution in [2.45, 2.75) is 45.6 Å². The highest BCUT2D eigenvalue weighted by Gasteiger charge is 2.25. The molecule has 3 heteroatoms. The number of piperidine rings is 1. The molecule has 0 aromatic heterocycles. The van der Waals surface area contributed by atoms with Crippen LogP contribution in [0.4, 0.5) is 0 Å². The molecule has 0 bridgehead atoms. The SMILES string of the molecule is CCCC1CCN(C(=O)c2cccc3c2CCNC3)CC1. The predicted octanol–water partition coefficient (Wildman–Crippen LogP) is 2.98. The van der Waals surface area contributed by atoms with E-state index in [2.05, 4.69) is 23.2 Å². The van der Waals surface area contributed by atoms with Gasteiger partial charge in [0.2, 0.25) is 0 Å². The lowest BCUT2D eigenvalue weighted by atomic mass is 9.91. The number of amides is 1. The van der Waals surface area contributed by atoms with Gasteiger partial charge in [0.25, 0.3) is 5.91 Å². The van der Waals surface area contributed by atoms with Gasteiger partial charge in [0.1, 0.15) is 0 Å². The van der Waals surface area contributed by atoms with E-state index in [9.17, 15) is 4.79 Å². The maximum Gasteiger partial charge on any atom is 0.254 e. The quantitative estimate of drug-likeness (QED) is 0.926. The monoisotopic (exact) mass is 286 g/mol. The molecule has 0 saturated carbocycles. The molecular weight excluding hydrogens is 260 g/mol. The van der Waals surface area contributed by atoms with Crippen molar-refractivity contribution in [3.05, 3.63) is 34.9 Å². The van der Waals surface area contributed by atoms with Crippen molar-refractivity contribution < 1.29 is 4.79 Å². The highest BCUT2D eigenvalue weighted by molar-refractivity contribution is 5.96. The summed E-state index contributed by atoms with van der Waals surface area (Å²) < 4.78 is 0. The van der Waals surface area contributed by atoms with E-state index >= 15 is 0 Å². The molecule has 0 atom stereocenters. The number of carbonyl (C=O) groups is 1. The number of nitrogens with zero attached hydrogens (tertiary/aromatic N) is 1. The summed E-state index contributed by atoms with van der Waals surface area (Å²) in [5.41, 5.74) is 3.52. The number of hydrogen-bond donors (Lipinski definition) is 1.